The number of hydrogen-bond acceptors (Lipinski definition) is 2. The van der Waals surface area contributed by atoms with Gasteiger partial charge in [0.25, 0.3) is 0 Å². The summed E-state index contributed by atoms with van der Waals surface area (Å²) in [4.78, 5) is 2.33. The van der Waals surface area contributed by atoms with Gasteiger partial charge < -0.3 is 10.2 Å². The number of nitrogens with zero attached hydrogens (tertiary/aromatic N) is 1. The van der Waals surface area contributed by atoms with Gasteiger partial charge in [0, 0.05) is 30.8 Å². The Labute approximate surface area is 123 Å². The second-order valence-corrected chi connectivity index (χ2v) is 6.01. The minimum atomic E-state index is 0.667. The number of rotatable bonds is 8. The summed E-state index contributed by atoms with van der Waals surface area (Å²) >= 11 is 6.12. The van der Waals surface area contributed by atoms with Crippen LogP contribution in [0.15, 0.2) is 18.2 Å². The number of unbranched alkanes of at least 4 members (excludes halogenated alkanes) is 1. The molecule has 0 unspecified atom stereocenters. The van der Waals surface area contributed by atoms with Crippen LogP contribution in [0.5, 0.6) is 0 Å². The van der Waals surface area contributed by atoms with Crippen molar-refractivity contribution in [3.05, 3.63) is 28.8 Å². The molecule has 0 aliphatic heterocycles. The van der Waals surface area contributed by atoms with Crippen LogP contribution in [0, 0.1) is 5.92 Å². The normalized spacial score (nSPS) is 11.1. The third-order valence-electron chi connectivity index (χ3n) is 3.17. The average molecular weight is 283 g/mol. The Morgan fingerprint density at radius 2 is 2.05 bits per heavy atom. The van der Waals surface area contributed by atoms with E-state index in [-0.39, 0.29) is 0 Å². The van der Waals surface area contributed by atoms with Gasteiger partial charge in [-0.25, -0.2) is 0 Å². The third kappa shape index (κ3) is 5.84. The van der Waals surface area contributed by atoms with Gasteiger partial charge in [0.2, 0.25) is 0 Å². The molecule has 19 heavy (non-hydrogen) atoms. The summed E-state index contributed by atoms with van der Waals surface area (Å²) in [5.74, 6) is 0.667. The van der Waals surface area contributed by atoms with Crippen LogP contribution in [0.1, 0.15) is 39.2 Å². The molecule has 0 saturated carbocycles. The highest BCUT2D eigenvalue weighted by Gasteiger charge is 2.08. The Hall–Kier alpha value is -0.730. The van der Waals surface area contributed by atoms with Gasteiger partial charge in [-0.05, 0) is 42.6 Å². The van der Waals surface area contributed by atoms with E-state index in [0.29, 0.717) is 5.92 Å². The summed E-state index contributed by atoms with van der Waals surface area (Å²) in [5, 5.41) is 4.31. The third-order valence-corrected chi connectivity index (χ3v) is 3.40. The number of nitrogens with one attached hydrogen (secondary N) is 1. The van der Waals surface area contributed by atoms with E-state index < -0.39 is 0 Å². The molecule has 2 nitrogen and oxygen atoms in total. The van der Waals surface area contributed by atoms with E-state index in [0.717, 1.165) is 24.7 Å². The fourth-order valence-corrected chi connectivity index (χ4v) is 2.27. The molecule has 0 atom stereocenters. The second-order valence-electron chi connectivity index (χ2n) is 5.57. The first-order valence-corrected chi connectivity index (χ1v) is 7.62. The maximum atomic E-state index is 6.12. The molecule has 1 aromatic rings. The first kappa shape index (κ1) is 16.3. The molecule has 0 bridgehead atoms. The Morgan fingerprint density at radius 3 is 2.68 bits per heavy atom. The van der Waals surface area contributed by atoms with Crippen molar-refractivity contribution in [3.8, 4) is 0 Å². The molecule has 1 rings (SSSR count). The van der Waals surface area contributed by atoms with Crippen LogP contribution in [0.3, 0.4) is 0 Å². The molecule has 0 aliphatic rings. The van der Waals surface area contributed by atoms with Gasteiger partial charge in [0.1, 0.15) is 0 Å². The summed E-state index contributed by atoms with van der Waals surface area (Å²) in [6.45, 7) is 9.67. The predicted molar refractivity (Wildman–Crippen MR) is 86.2 cm³/mol. The highest BCUT2D eigenvalue weighted by Crippen LogP contribution is 2.24. The lowest BCUT2D eigenvalue weighted by atomic mass is 10.1. The molecule has 0 heterocycles. The molecular weight excluding hydrogens is 256 g/mol. The highest BCUT2D eigenvalue weighted by molar-refractivity contribution is 6.30. The lowest BCUT2D eigenvalue weighted by Crippen LogP contribution is -2.23. The Morgan fingerprint density at radius 1 is 1.32 bits per heavy atom. The minimum absolute atomic E-state index is 0.667. The van der Waals surface area contributed by atoms with Gasteiger partial charge in [-0.1, -0.05) is 38.8 Å². The number of anilines is 1. The monoisotopic (exact) mass is 282 g/mol. The molecule has 1 N–H and O–H groups in total. The molecule has 0 spiro atoms. The van der Waals surface area contributed by atoms with E-state index in [1.165, 1.54) is 24.1 Å². The molecular formula is C16H27ClN2. The zero-order valence-corrected chi connectivity index (χ0v) is 13.4. The largest absolute Gasteiger partial charge is 0.374 e. The van der Waals surface area contributed by atoms with Crippen LogP contribution >= 0.6 is 11.6 Å². The standard InChI is InChI=1S/C16H27ClN2/c1-5-6-9-19(4)16-8-7-15(17)10-14(16)12-18-11-13(2)3/h7-8,10,13,18H,5-6,9,11-12H2,1-4H3. The van der Waals surface area contributed by atoms with E-state index in [4.69, 9.17) is 11.6 Å². The number of halogens is 1. The fraction of sp³-hybridized carbons (Fsp3) is 0.625. The summed E-state index contributed by atoms with van der Waals surface area (Å²) in [6, 6.07) is 6.18. The van der Waals surface area contributed by atoms with Crippen molar-refractivity contribution in [3.63, 3.8) is 0 Å². The summed E-state index contributed by atoms with van der Waals surface area (Å²) in [6.07, 6.45) is 2.44. The van der Waals surface area contributed by atoms with Crippen LogP contribution < -0.4 is 10.2 Å². The zero-order chi connectivity index (χ0) is 14.3. The van der Waals surface area contributed by atoms with Crippen molar-refractivity contribution >= 4 is 17.3 Å². The van der Waals surface area contributed by atoms with Crippen LogP contribution in [0.4, 0.5) is 5.69 Å². The van der Waals surface area contributed by atoms with Gasteiger partial charge in [-0.2, -0.15) is 0 Å². The van der Waals surface area contributed by atoms with Crippen molar-refractivity contribution in [1.29, 1.82) is 0 Å². The Balaban J connectivity index is 2.73. The van der Waals surface area contributed by atoms with Crippen molar-refractivity contribution in [2.45, 2.75) is 40.2 Å². The van der Waals surface area contributed by atoms with E-state index in [9.17, 15) is 0 Å². The van der Waals surface area contributed by atoms with Gasteiger partial charge in [0.05, 0.1) is 0 Å². The van der Waals surface area contributed by atoms with Crippen molar-refractivity contribution in [1.82, 2.24) is 5.32 Å². The van der Waals surface area contributed by atoms with Gasteiger partial charge in [-0.3, -0.25) is 0 Å². The van der Waals surface area contributed by atoms with Gasteiger partial charge >= 0.3 is 0 Å². The SMILES string of the molecule is CCCCN(C)c1ccc(Cl)cc1CNCC(C)C. The first-order chi connectivity index (χ1) is 9.04. The molecule has 0 aromatic heterocycles. The van der Waals surface area contributed by atoms with Crippen LogP contribution in [0.25, 0.3) is 0 Å². The van der Waals surface area contributed by atoms with Crippen LogP contribution in [-0.4, -0.2) is 20.1 Å². The molecule has 0 aliphatic carbocycles. The lowest BCUT2D eigenvalue weighted by molar-refractivity contribution is 0.552. The second kappa shape index (κ2) is 8.44. The van der Waals surface area contributed by atoms with Crippen LogP contribution in [0.2, 0.25) is 5.02 Å². The summed E-state index contributed by atoms with van der Waals surface area (Å²) < 4.78 is 0. The first-order valence-electron chi connectivity index (χ1n) is 7.24. The fourth-order valence-electron chi connectivity index (χ4n) is 2.08. The maximum absolute atomic E-state index is 6.12. The summed E-state index contributed by atoms with van der Waals surface area (Å²) in [7, 11) is 2.16. The Kier molecular flexibility index (Phi) is 7.25. The molecule has 1 aromatic carbocycles. The molecule has 0 amide bonds. The molecule has 0 radical (unpaired) electrons. The molecule has 0 fully saturated rings. The average Bonchev–Trinajstić information content (AvgIpc) is 2.35. The topological polar surface area (TPSA) is 15.3 Å². The van der Waals surface area contributed by atoms with Crippen molar-refractivity contribution in [2.24, 2.45) is 5.92 Å². The zero-order valence-electron chi connectivity index (χ0n) is 12.7. The number of hydrogen-bond donors (Lipinski definition) is 1. The number of benzene rings is 1. The molecule has 3 heteroatoms. The van der Waals surface area contributed by atoms with E-state index in [2.05, 4.69) is 50.2 Å². The van der Waals surface area contributed by atoms with Gasteiger partial charge in [-0.15, -0.1) is 0 Å². The smallest absolute Gasteiger partial charge is 0.0410 e. The minimum Gasteiger partial charge on any atom is -0.374 e. The summed E-state index contributed by atoms with van der Waals surface area (Å²) in [5.41, 5.74) is 2.57. The van der Waals surface area contributed by atoms with Crippen LogP contribution in [-0.2, 0) is 6.54 Å². The van der Waals surface area contributed by atoms with E-state index in [1.807, 2.05) is 6.07 Å². The highest BCUT2D eigenvalue weighted by atomic mass is 35.5. The van der Waals surface area contributed by atoms with Gasteiger partial charge in [0.15, 0.2) is 0 Å². The van der Waals surface area contributed by atoms with Crippen molar-refractivity contribution in [2.75, 3.05) is 25.0 Å². The Bertz CT molecular complexity index is 377. The molecule has 108 valence electrons. The quantitative estimate of drug-likeness (QED) is 0.764. The predicted octanol–water partition coefficient (Wildman–Crippen LogP) is 4.32. The van der Waals surface area contributed by atoms with Crippen molar-refractivity contribution < 1.29 is 0 Å². The molecule has 0 saturated heterocycles. The van der Waals surface area contributed by atoms with E-state index >= 15 is 0 Å². The maximum Gasteiger partial charge on any atom is 0.0410 e. The van der Waals surface area contributed by atoms with E-state index in [1.54, 1.807) is 0 Å². The lowest BCUT2D eigenvalue weighted by Gasteiger charge is -2.23.